The molecule has 2 saturated heterocycles. The predicted molar refractivity (Wildman–Crippen MR) is 103 cm³/mol. The lowest BCUT2D eigenvalue weighted by Gasteiger charge is -2.34. The number of carbonyl (C=O) groups is 1. The number of piperidine rings is 1. The molecule has 3 heterocycles. The predicted octanol–water partition coefficient (Wildman–Crippen LogP) is 2.15. The Morgan fingerprint density at radius 2 is 1.85 bits per heavy atom. The van der Waals surface area contributed by atoms with Gasteiger partial charge in [-0.1, -0.05) is 5.16 Å². The van der Waals surface area contributed by atoms with Crippen molar-refractivity contribution in [3.63, 3.8) is 0 Å². The first-order valence-corrected chi connectivity index (χ1v) is 9.73. The molecule has 144 valence electrons. The molecule has 1 aromatic carbocycles. The highest BCUT2D eigenvalue weighted by Crippen LogP contribution is 2.26. The van der Waals surface area contributed by atoms with E-state index in [1.165, 1.54) is 5.69 Å². The molecule has 2 aliphatic rings. The number of piperazine rings is 1. The van der Waals surface area contributed by atoms with Crippen LogP contribution in [-0.4, -0.2) is 72.2 Å². The van der Waals surface area contributed by atoms with Crippen LogP contribution in [0.3, 0.4) is 0 Å². The van der Waals surface area contributed by atoms with E-state index in [-0.39, 0.29) is 11.8 Å². The highest BCUT2D eigenvalue weighted by Gasteiger charge is 2.28. The average molecular weight is 369 g/mol. The van der Waals surface area contributed by atoms with E-state index >= 15 is 0 Å². The number of rotatable bonds is 3. The van der Waals surface area contributed by atoms with Gasteiger partial charge in [0.05, 0.1) is 0 Å². The zero-order chi connectivity index (χ0) is 18.8. The van der Waals surface area contributed by atoms with Gasteiger partial charge in [-0.25, -0.2) is 0 Å². The lowest BCUT2D eigenvalue weighted by molar-refractivity contribution is 0.0703. The largest absolute Gasteiger partial charge is 0.369 e. The maximum Gasteiger partial charge on any atom is 0.253 e. The van der Waals surface area contributed by atoms with Crippen molar-refractivity contribution in [2.45, 2.75) is 25.7 Å². The third kappa shape index (κ3) is 3.98. The van der Waals surface area contributed by atoms with Crippen LogP contribution in [0, 0.1) is 6.92 Å². The van der Waals surface area contributed by atoms with Gasteiger partial charge in [0.25, 0.3) is 5.91 Å². The summed E-state index contributed by atoms with van der Waals surface area (Å²) in [5, 5.41) is 4.04. The van der Waals surface area contributed by atoms with Crippen LogP contribution in [0.4, 0.5) is 5.69 Å². The quantitative estimate of drug-likeness (QED) is 0.826. The number of carbonyl (C=O) groups excluding carboxylic acids is 1. The second-order valence-electron chi connectivity index (χ2n) is 7.60. The van der Waals surface area contributed by atoms with E-state index in [9.17, 15) is 4.79 Å². The highest BCUT2D eigenvalue weighted by atomic mass is 16.5. The molecule has 1 aromatic heterocycles. The fourth-order valence-electron chi connectivity index (χ4n) is 3.92. The first-order valence-electron chi connectivity index (χ1n) is 9.73. The monoisotopic (exact) mass is 369 g/mol. The Kier molecular flexibility index (Phi) is 5.11. The van der Waals surface area contributed by atoms with Crippen molar-refractivity contribution >= 4 is 11.6 Å². The summed E-state index contributed by atoms with van der Waals surface area (Å²) in [5.41, 5.74) is 1.94. The highest BCUT2D eigenvalue weighted by molar-refractivity contribution is 5.94. The van der Waals surface area contributed by atoms with Gasteiger partial charge in [-0.15, -0.1) is 0 Å². The Hall–Kier alpha value is -2.41. The van der Waals surface area contributed by atoms with Crippen molar-refractivity contribution in [1.82, 2.24) is 19.9 Å². The summed E-state index contributed by atoms with van der Waals surface area (Å²) < 4.78 is 5.10. The maximum atomic E-state index is 13.0. The molecular formula is C20H27N5O2. The smallest absolute Gasteiger partial charge is 0.253 e. The fourth-order valence-corrected chi connectivity index (χ4v) is 3.92. The Morgan fingerprint density at radius 1 is 1.11 bits per heavy atom. The van der Waals surface area contributed by atoms with Crippen LogP contribution >= 0.6 is 0 Å². The number of aromatic nitrogens is 2. The van der Waals surface area contributed by atoms with E-state index in [4.69, 9.17) is 4.52 Å². The maximum absolute atomic E-state index is 13.0. The lowest BCUT2D eigenvalue weighted by Crippen LogP contribution is -2.44. The summed E-state index contributed by atoms with van der Waals surface area (Å²) in [6.07, 6.45) is 1.95. The van der Waals surface area contributed by atoms with E-state index in [0.29, 0.717) is 12.4 Å². The number of amides is 1. The van der Waals surface area contributed by atoms with Gasteiger partial charge in [0, 0.05) is 63.4 Å². The molecule has 4 rings (SSSR count). The van der Waals surface area contributed by atoms with Crippen molar-refractivity contribution in [3.05, 3.63) is 41.5 Å². The molecule has 7 nitrogen and oxygen atoms in total. The van der Waals surface area contributed by atoms with Crippen LogP contribution in [0.1, 0.15) is 40.8 Å². The van der Waals surface area contributed by atoms with Gasteiger partial charge in [-0.05, 0) is 44.2 Å². The molecule has 7 heteroatoms. The molecule has 0 spiro atoms. The Morgan fingerprint density at radius 3 is 2.52 bits per heavy atom. The molecule has 1 amide bonds. The number of likely N-dealkylation sites (tertiary alicyclic amines) is 1. The topological polar surface area (TPSA) is 65.7 Å². The average Bonchev–Trinajstić information content (AvgIpc) is 3.15. The van der Waals surface area contributed by atoms with Gasteiger partial charge < -0.3 is 19.2 Å². The molecule has 0 bridgehead atoms. The SMILES string of the molecule is Cc1nc(C2CCCN(C(=O)c3ccc(N4CCN(C)CC4)cc3)C2)no1. The summed E-state index contributed by atoms with van der Waals surface area (Å²) in [4.78, 5) is 23.9. The Labute approximate surface area is 159 Å². The summed E-state index contributed by atoms with van der Waals surface area (Å²) in [7, 11) is 2.15. The van der Waals surface area contributed by atoms with E-state index in [1.807, 2.05) is 17.0 Å². The van der Waals surface area contributed by atoms with Crippen molar-refractivity contribution in [1.29, 1.82) is 0 Å². The van der Waals surface area contributed by atoms with Crippen molar-refractivity contribution < 1.29 is 9.32 Å². The first-order chi connectivity index (χ1) is 13.1. The van der Waals surface area contributed by atoms with E-state index < -0.39 is 0 Å². The molecule has 27 heavy (non-hydrogen) atoms. The number of likely N-dealkylation sites (N-methyl/N-ethyl adjacent to an activating group) is 1. The van der Waals surface area contributed by atoms with Crippen LogP contribution in [0.15, 0.2) is 28.8 Å². The summed E-state index contributed by atoms with van der Waals surface area (Å²) >= 11 is 0. The van der Waals surface area contributed by atoms with Crippen molar-refractivity contribution in [2.75, 3.05) is 51.2 Å². The second kappa shape index (κ2) is 7.68. The molecule has 2 aromatic rings. The van der Waals surface area contributed by atoms with Crippen LogP contribution in [0.2, 0.25) is 0 Å². The minimum absolute atomic E-state index is 0.0878. The van der Waals surface area contributed by atoms with Gasteiger partial charge in [-0.3, -0.25) is 4.79 Å². The number of hydrogen-bond acceptors (Lipinski definition) is 6. The fraction of sp³-hybridized carbons (Fsp3) is 0.550. The molecule has 0 saturated carbocycles. The first kappa shape index (κ1) is 18.0. The molecular weight excluding hydrogens is 342 g/mol. The minimum atomic E-state index is 0.0878. The van der Waals surface area contributed by atoms with Crippen LogP contribution < -0.4 is 4.90 Å². The van der Waals surface area contributed by atoms with Crippen LogP contribution in [0.5, 0.6) is 0 Å². The van der Waals surface area contributed by atoms with Gasteiger partial charge in [0.1, 0.15) is 0 Å². The van der Waals surface area contributed by atoms with E-state index in [0.717, 1.165) is 57.0 Å². The third-order valence-corrected chi connectivity index (χ3v) is 5.60. The summed E-state index contributed by atoms with van der Waals surface area (Å²) in [6, 6.07) is 8.06. The van der Waals surface area contributed by atoms with E-state index in [2.05, 4.69) is 39.1 Å². The Bertz CT molecular complexity index is 780. The number of benzene rings is 1. The number of hydrogen-bond donors (Lipinski definition) is 0. The standard InChI is InChI=1S/C20H27N5O2/c1-15-21-19(22-27-15)17-4-3-9-25(14-17)20(26)16-5-7-18(8-6-16)24-12-10-23(2)11-13-24/h5-8,17H,3-4,9-14H2,1-2H3. The number of aryl methyl sites for hydroxylation is 1. The van der Waals surface area contributed by atoms with Gasteiger partial charge in [0.2, 0.25) is 5.89 Å². The van der Waals surface area contributed by atoms with Crippen LogP contribution in [-0.2, 0) is 0 Å². The number of anilines is 1. The lowest BCUT2D eigenvalue weighted by atomic mass is 9.96. The number of nitrogens with zero attached hydrogens (tertiary/aromatic N) is 5. The normalized spacial score (nSPS) is 21.5. The molecule has 0 radical (unpaired) electrons. The summed E-state index contributed by atoms with van der Waals surface area (Å²) in [5.74, 6) is 1.54. The van der Waals surface area contributed by atoms with Gasteiger partial charge in [0.15, 0.2) is 5.82 Å². The zero-order valence-electron chi connectivity index (χ0n) is 16.1. The van der Waals surface area contributed by atoms with Crippen LogP contribution in [0.25, 0.3) is 0 Å². The van der Waals surface area contributed by atoms with Crippen molar-refractivity contribution in [3.8, 4) is 0 Å². The van der Waals surface area contributed by atoms with Gasteiger partial charge >= 0.3 is 0 Å². The summed E-state index contributed by atoms with van der Waals surface area (Å²) in [6.45, 7) is 7.44. The second-order valence-corrected chi connectivity index (χ2v) is 7.60. The van der Waals surface area contributed by atoms with Gasteiger partial charge in [-0.2, -0.15) is 4.98 Å². The van der Waals surface area contributed by atoms with Crippen molar-refractivity contribution in [2.24, 2.45) is 0 Å². The molecule has 2 fully saturated rings. The molecule has 2 aliphatic heterocycles. The Balaban J connectivity index is 1.41. The zero-order valence-corrected chi connectivity index (χ0v) is 16.1. The molecule has 1 unspecified atom stereocenters. The molecule has 0 aliphatic carbocycles. The third-order valence-electron chi connectivity index (χ3n) is 5.60. The molecule has 1 atom stereocenters. The van der Waals surface area contributed by atoms with E-state index in [1.54, 1.807) is 6.92 Å². The molecule has 0 N–H and O–H groups in total. The minimum Gasteiger partial charge on any atom is -0.369 e.